The lowest BCUT2D eigenvalue weighted by Crippen LogP contribution is -2.39. The summed E-state index contributed by atoms with van der Waals surface area (Å²) >= 11 is 0. The molecule has 0 aliphatic heterocycles. The first-order chi connectivity index (χ1) is 8.78. The van der Waals surface area contributed by atoms with Crippen molar-refractivity contribution in [3.05, 3.63) is 35.4 Å². The lowest BCUT2D eigenvalue weighted by atomic mass is 10.2. The molecule has 0 aliphatic rings. The van der Waals surface area contributed by atoms with Crippen molar-refractivity contribution in [2.75, 3.05) is 13.2 Å². The Hall–Kier alpha value is -1.56. The molecule has 1 aromatic rings. The predicted molar refractivity (Wildman–Crippen MR) is 63.8 cm³/mol. The van der Waals surface area contributed by atoms with Gasteiger partial charge in [0.2, 0.25) is 10.0 Å². The summed E-state index contributed by atoms with van der Waals surface area (Å²) in [6.07, 6.45) is 0. The predicted octanol–water partition coefficient (Wildman–Crippen LogP) is 0.605. The molecule has 0 fully saturated rings. The van der Waals surface area contributed by atoms with Gasteiger partial charge in [0.15, 0.2) is 0 Å². The second-order valence-corrected chi connectivity index (χ2v) is 5.71. The van der Waals surface area contributed by atoms with Crippen molar-refractivity contribution in [2.45, 2.75) is 11.7 Å². The summed E-state index contributed by atoms with van der Waals surface area (Å²) in [5.74, 6) is -3.96. The molecule has 0 aromatic heterocycles. The molecule has 0 heterocycles. The van der Waals surface area contributed by atoms with Crippen LogP contribution in [0, 0.1) is 11.3 Å². The number of nitrogens with one attached hydrogen (secondary N) is 1. The van der Waals surface area contributed by atoms with Crippen molar-refractivity contribution >= 4 is 10.0 Å². The van der Waals surface area contributed by atoms with E-state index < -0.39 is 34.9 Å². The molecule has 0 atom stereocenters. The van der Waals surface area contributed by atoms with Gasteiger partial charge in [0, 0.05) is 0 Å². The van der Waals surface area contributed by atoms with Gasteiger partial charge in [-0.25, -0.2) is 21.9 Å². The Labute approximate surface area is 109 Å². The zero-order valence-electron chi connectivity index (χ0n) is 9.81. The largest absolute Gasteiger partial charge is 0.390 e. The van der Waals surface area contributed by atoms with Crippen LogP contribution in [0.3, 0.4) is 0 Å². The average Bonchev–Trinajstić information content (AvgIpc) is 2.37. The average molecular weight is 290 g/mol. The SMILES string of the molecule is N#Cc1ccc(CS(=O)(=O)NCC(F)(F)CO)cc1. The number of hydrogen-bond donors (Lipinski definition) is 2. The molecule has 2 N–H and O–H groups in total. The second kappa shape index (κ2) is 6.06. The van der Waals surface area contributed by atoms with Crippen molar-refractivity contribution in [1.82, 2.24) is 4.72 Å². The van der Waals surface area contributed by atoms with Gasteiger partial charge in [-0.05, 0) is 17.7 Å². The molecule has 1 rings (SSSR count). The Balaban J connectivity index is 2.66. The van der Waals surface area contributed by atoms with Gasteiger partial charge in [0.25, 0.3) is 5.92 Å². The first-order valence-corrected chi connectivity index (χ1v) is 6.88. The molecular formula is C11H12F2N2O3S. The van der Waals surface area contributed by atoms with Gasteiger partial charge in [-0.1, -0.05) is 12.1 Å². The van der Waals surface area contributed by atoms with E-state index in [0.29, 0.717) is 11.1 Å². The molecule has 0 amide bonds. The number of halogens is 2. The third-order valence-corrected chi connectivity index (χ3v) is 3.52. The maximum atomic E-state index is 12.7. The van der Waals surface area contributed by atoms with Crippen LogP contribution in [0.1, 0.15) is 11.1 Å². The molecule has 0 saturated heterocycles. The number of hydrogen-bond acceptors (Lipinski definition) is 4. The fourth-order valence-corrected chi connectivity index (χ4v) is 2.38. The lowest BCUT2D eigenvalue weighted by Gasteiger charge is -2.14. The van der Waals surface area contributed by atoms with E-state index in [-0.39, 0.29) is 0 Å². The van der Waals surface area contributed by atoms with Gasteiger partial charge in [-0.15, -0.1) is 0 Å². The highest BCUT2D eigenvalue weighted by molar-refractivity contribution is 7.88. The van der Waals surface area contributed by atoms with E-state index in [1.165, 1.54) is 24.3 Å². The Morgan fingerprint density at radius 1 is 1.32 bits per heavy atom. The van der Waals surface area contributed by atoms with Gasteiger partial charge in [0.05, 0.1) is 23.9 Å². The highest BCUT2D eigenvalue weighted by Gasteiger charge is 2.29. The summed E-state index contributed by atoms with van der Waals surface area (Å²) in [6, 6.07) is 7.62. The third-order valence-electron chi connectivity index (χ3n) is 2.22. The molecule has 1 aromatic carbocycles. The first-order valence-electron chi connectivity index (χ1n) is 5.23. The van der Waals surface area contributed by atoms with E-state index in [1.807, 2.05) is 6.07 Å². The van der Waals surface area contributed by atoms with Crippen LogP contribution >= 0.6 is 0 Å². The van der Waals surface area contributed by atoms with Crippen LogP contribution in [0.25, 0.3) is 0 Å². The van der Waals surface area contributed by atoms with E-state index in [4.69, 9.17) is 10.4 Å². The van der Waals surface area contributed by atoms with Crippen LogP contribution in [0.15, 0.2) is 24.3 Å². The van der Waals surface area contributed by atoms with Crippen molar-refractivity contribution in [3.63, 3.8) is 0 Å². The van der Waals surface area contributed by atoms with Crippen LogP contribution in [0.4, 0.5) is 8.78 Å². The molecule has 0 unspecified atom stereocenters. The van der Waals surface area contributed by atoms with E-state index >= 15 is 0 Å². The minimum absolute atomic E-state index is 0.374. The van der Waals surface area contributed by atoms with Crippen LogP contribution < -0.4 is 4.72 Å². The maximum Gasteiger partial charge on any atom is 0.283 e. The molecule has 0 saturated carbocycles. The number of nitriles is 1. The monoisotopic (exact) mass is 290 g/mol. The van der Waals surface area contributed by atoms with Crippen LogP contribution in [0.2, 0.25) is 0 Å². The quantitative estimate of drug-likeness (QED) is 0.803. The number of aliphatic hydroxyl groups excluding tert-OH is 1. The topological polar surface area (TPSA) is 90.2 Å². The standard InChI is InChI=1S/C11H12F2N2O3S/c12-11(13,8-16)7-15-19(17,18)6-10-3-1-9(5-14)2-4-10/h1-4,15-16H,6-8H2. The number of rotatable bonds is 6. The smallest absolute Gasteiger partial charge is 0.283 e. The maximum absolute atomic E-state index is 12.7. The van der Waals surface area contributed by atoms with Crippen LogP contribution in [0.5, 0.6) is 0 Å². The Bertz CT molecular complexity index is 565. The minimum atomic E-state index is -3.92. The zero-order chi connectivity index (χ0) is 14.5. The van der Waals surface area contributed by atoms with Crippen LogP contribution in [-0.4, -0.2) is 32.6 Å². The van der Waals surface area contributed by atoms with E-state index in [0.717, 1.165) is 0 Å². The van der Waals surface area contributed by atoms with Gasteiger partial charge < -0.3 is 5.11 Å². The van der Waals surface area contributed by atoms with E-state index in [1.54, 1.807) is 4.72 Å². The normalized spacial score (nSPS) is 12.1. The third kappa shape index (κ3) is 5.30. The molecule has 5 nitrogen and oxygen atoms in total. The summed E-state index contributed by atoms with van der Waals surface area (Å²) in [6.45, 7) is -2.57. The molecule has 0 aliphatic carbocycles. The summed E-state index contributed by atoms with van der Waals surface area (Å²) in [5.41, 5.74) is 0.750. The number of aliphatic hydroxyl groups is 1. The highest BCUT2D eigenvalue weighted by atomic mass is 32.2. The summed E-state index contributed by atoms with van der Waals surface area (Å²) in [4.78, 5) is 0. The van der Waals surface area contributed by atoms with Gasteiger partial charge in [-0.2, -0.15) is 5.26 Å². The van der Waals surface area contributed by atoms with Gasteiger partial charge in [0.1, 0.15) is 6.61 Å². The number of benzene rings is 1. The molecule has 0 radical (unpaired) electrons. The van der Waals surface area contributed by atoms with Crippen molar-refractivity contribution < 1.29 is 22.3 Å². The number of sulfonamides is 1. The van der Waals surface area contributed by atoms with Crippen molar-refractivity contribution in [1.29, 1.82) is 5.26 Å². The lowest BCUT2D eigenvalue weighted by molar-refractivity contribution is -0.0437. The summed E-state index contributed by atoms with van der Waals surface area (Å²) in [7, 11) is -3.92. The molecule has 0 spiro atoms. The number of alkyl halides is 2. The first kappa shape index (κ1) is 15.5. The van der Waals surface area contributed by atoms with E-state index in [9.17, 15) is 17.2 Å². The van der Waals surface area contributed by atoms with Crippen LogP contribution in [-0.2, 0) is 15.8 Å². The Kier molecular flexibility index (Phi) is 4.94. The fourth-order valence-electron chi connectivity index (χ4n) is 1.22. The Morgan fingerprint density at radius 2 is 1.89 bits per heavy atom. The summed E-state index contributed by atoms with van der Waals surface area (Å²) in [5, 5.41) is 16.9. The molecular weight excluding hydrogens is 278 g/mol. The Morgan fingerprint density at radius 3 is 2.37 bits per heavy atom. The zero-order valence-corrected chi connectivity index (χ0v) is 10.6. The van der Waals surface area contributed by atoms with Gasteiger partial charge >= 0.3 is 0 Å². The minimum Gasteiger partial charge on any atom is -0.390 e. The fraction of sp³-hybridized carbons (Fsp3) is 0.364. The van der Waals surface area contributed by atoms with E-state index in [2.05, 4.69) is 0 Å². The molecule has 0 bridgehead atoms. The number of nitrogens with zero attached hydrogens (tertiary/aromatic N) is 1. The molecule has 8 heteroatoms. The second-order valence-electron chi connectivity index (χ2n) is 3.90. The van der Waals surface area contributed by atoms with Crippen molar-refractivity contribution in [3.8, 4) is 6.07 Å². The highest BCUT2D eigenvalue weighted by Crippen LogP contribution is 2.12. The molecule has 104 valence electrons. The summed E-state index contributed by atoms with van der Waals surface area (Å²) < 4.78 is 50.2. The molecule has 19 heavy (non-hydrogen) atoms. The van der Waals surface area contributed by atoms with Crippen molar-refractivity contribution in [2.24, 2.45) is 0 Å². The van der Waals surface area contributed by atoms with Gasteiger partial charge in [-0.3, -0.25) is 0 Å².